The molecule has 0 spiro atoms. The quantitative estimate of drug-likeness (QED) is 0.810. The number of hydrogen-bond donors (Lipinski definition) is 0. The Hall–Kier alpha value is -1.17. The van der Waals surface area contributed by atoms with Gasteiger partial charge >= 0.3 is 0 Å². The van der Waals surface area contributed by atoms with Crippen molar-refractivity contribution in [2.45, 2.75) is 6.54 Å². The molecule has 0 N–H and O–H groups in total. The molecule has 2 saturated heterocycles. The van der Waals surface area contributed by atoms with Crippen molar-refractivity contribution in [1.82, 2.24) is 14.8 Å². The molecule has 20 heavy (non-hydrogen) atoms. The minimum atomic E-state index is 0.822. The van der Waals surface area contributed by atoms with Gasteiger partial charge in [0.2, 0.25) is 0 Å². The average molecular weight is 276 g/mol. The van der Waals surface area contributed by atoms with Crippen molar-refractivity contribution in [1.29, 1.82) is 0 Å². The van der Waals surface area contributed by atoms with Crippen LogP contribution in [0.1, 0.15) is 5.56 Å². The number of piperazine rings is 1. The van der Waals surface area contributed by atoms with E-state index in [1.54, 1.807) is 0 Å². The Bertz CT molecular complexity index is 426. The van der Waals surface area contributed by atoms with E-state index in [4.69, 9.17) is 4.74 Å². The second-order valence-corrected chi connectivity index (χ2v) is 5.73. The number of hydrogen-bond acceptors (Lipinski definition) is 5. The zero-order chi connectivity index (χ0) is 13.8. The highest BCUT2D eigenvalue weighted by molar-refractivity contribution is 5.46. The maximum Gasteiger partial charge on any atom is 0.0642 e. The van der Waals surface area contributed by atoms with Crippen LogP contribution >= 0.6 is 0 Å². The molecule has 3 rings (SSSR count). The zero-order valence-electron chi connectivity index (χ0n) is 12.3. The molecule has 3 heterocycles. The summed E-state index contributed by atoms with van der Waals surface area (Å²) in [5.41, 5.74) is 2.55. The van der Waals surface area contributed by atoms with Crippen molar-refractivity contribution in [2.24, 2.45) is 0 Å². The van der Waals surface area contributed by atoms with Crippen LogP contribution in [0.4, 0.5) is 5.69 Å². The van der Waals surface area contributed by atoms with Gasteiger partial charge in [-0.15, -0.1) is 0 Å². The summed E-state index contributed by atoms with van der Waals surface area (Å²) in [4.78, 5) is 11.7. The van der Waals surface area contributed by atoms with Gasteiger partial charge in [-0.1, -0.05) is 0 Å². The van der Waals surface area contributed by atoms with Crippen molar-refractivity contribution in [3.63, 3.8) is 0 Å². The lowest BCUT2D eigenvalue weighted by Gasteiger charge is -2.33. The van der Waals surface area contributed by atoms with Crippen molar-refractivity contribution in [3.05, 3.63) is 24.0 Å². The Morgan fingerprint density at radius 3 is 2.55 bits per heavy atom. The van der Waals surface area contributed by atoms with Crippen molar-refractivity contribution in [3.8, 4) is 0 Å². The van der Waals surface area contributed by atoms with E-state index in [9.17, 15) is 0 Å². The van der Waals surface area contributed by atoms with E-state index < -0.39 is 0 Å². The van der Waals surface area contributed by atoms with Gasteiger partial charge in [0.05, 0.1) is 25.1 Å². The Kier molecular flexibility index (Phi) is 4.50. The van der Waals surface area contributed by atoms with Crippen LogP contribution in [0.15, 0.2) is 18.5 Å². The molecule has 0 atom stereocenters. The first-order chi connectivity index (χ1) is 9.81. The molecular weight excluding hydrogens is 252 g/mol. The molecule has 0 aliphatic carbocycles. The van der Waals surface area contributed by atoms with Gasteiger partial charge in [-0.05, 0) is 18.7 Å². The molecule has 0 aromatic carbocycles. The third kappa shape index (κ3) is 3.48. The fourth-order valence-corrected chi connectivity index (χ4v) is 2.82. The van der Waals surface area contributed by atoms with E-state index in [0.717, 1.165) is 59.0 Å². The fraction of sp³-hybridized carbons (Fsp3) is 0.667. The van der Waals surface area contributed by atoms with Crippen LogP contribution in [0.2, 0.25) is 0 Å². The molecule has 0 bridgehead atoms. The number of pyridine rings is 1. The molecule has 2 aliphatic heterocycles. The van der Waals surface area contributed by atoms with Crippen LogP contribution < -0.4 is 4.90 Å². The minimum Gasteiger partial charge on any atom is -0.378 e. The van der Waals surface area contributed by atoms with Crippen molar-refractivity contribution < 1.29 is 4.74 Å². The van der Waals surface area contributed by atoms with Gasteiger partial charge in [0.15, 0.2) is 0 Å². The molecular formula is C15H24N4O. The maximum atomic E-state index is 5.41. The maximum absolute atomic E-state index is 5.41. The summed E-state index contributed by atoms with van der Waals surface area (Å²) >= 11 is 0. The minimum absolute atomic E-state index is 0.822. The number of aromatic nitrogens is 1. The smallest absolute Gasteiger partial charge is 0.0642 e. The van der Waals surface area contributed by atoms with Gasteiger partial charge in [-0.25, -0.2) is 0 Å². The Labute approximate surface area is 121 Å². The van der Waals surface area contributed by atoms with Gasteiger partial charge in [0.25, 0.3) is 0 Å². The van der Waals surface area contributed by atoms with Gasteiger partial charge in [-0.2, -0.15) is 0 Å². The standard InChI is InChI=1S/C15H24N4O/c1-17-2-4-18(5-3-17)13-14-10-15(12-16-11-14)19-6-8-20-9-7-19/h10-12H,2-9,13H2,1H3. The summed E-state index contributed by atoms with van der Waals surface area (Å²) in [7, 11) is 2.19. The first kappa shape index (κ1) is 13.8. The third-order valence-electron chi connectivity index (χ3n) is 4.16. The van der Waals surface area contributed by atoms with E-state index in [0.29, 0.717) is 0 Å². The molecule has 0 radical (unpaired) electrons. The number of ether oxygens (including phenoxy) is 1. The van der Waals surface area contributed by atoms with Gasteiger partial charge in [0.1, 0.15) is 0 Å². The Balaban J connectivity index is 1.62. The molecule has 5 heteroatoms. The van der Waals surface area contributed by atoms with Gasteiger partial charge < -0.3 is 14.5 Å². The van der Waals surface area contributed by atoms with Crippen LogP contribution in [0.25, 0.3) is 0 Å². The lowest BCUT2D eigenvalue weighted by atomic mass is 10.2. The summed E-state index contributed by atoms with van der Waals surface area (Å²) in [5.74, 6) is 0. The van der Waals surface area contributed by atoms with Crippen LogP contribution in [0, 0.1) is 0 Å². The predicted molar refractivity (Wildman–Crippen MR) is 80.0 cm³/mol. The molecule has 0 unspecified atom stereocenters. The lowest BCUT2D eigenvalue weighted by Crippen LogP contribution is -2.43. The van der Waals surface area contributed by atoms with Gasteiger partial charge in [-0.3, -0.25) is 9.88 Å². The molecule has 0 amide bonds. The lowest BCUT2D eigenvalue weighted by molar-refractivity contribution is 0.122. The van der Waals surface area contributed by atoms with E-state index in [1.165, 1.54) is 11.3 Å². The molecule has 0 saturated carbocycles. The predicted octanol–water partition coefficient (Wildman–Crippen LogP) is 0.666. The molecule has 1 aromatic rings. The SMILES string of the molecule is CN1CCN(Cc2cncc(N3CCOCC3)c2)CC1. The van der Waals surface area contributed by atoms with E-state index in [2.05, 4.69) is 32.8 Å². The largest absolute Gasteiger partial charge is 0.378 e. The number of morpholine rings is 1. The molecule has 110 valence electrons. The normalized spacial score (nSPS) is 22.1. The summed E-state index contributed by atoms with van der Waals surface area (Å²) in [6.07, 6.45) is 3.97. The summed E-state index contributed by atoms with van der Waals surface area (Å²) < 4.78 is 5.41. The average Bonchev–Trinajstić information content (AvgIpc) is 2.51. The van der Waals surface area contributed by atoms with Crippen LogP contribution in [0.3, 0.4) is 0 Å². The zero-order valence-corrected chi connectivity index (χ0v) is 12.3. The summed E-state index contributed by atoms with van der Waals surface area (Å²) in [5, 5.41) is 0. The van der Waals surface area contributed by atoms with Gasteiger partial charge in [0, 0.05) is 52.0 Å². The molecule has 1 aromatic heterocycles. The van der Waals surface area contributed by atoms with E-state index in [-0.39, 0.29) is 0 Å². The number of anilines is 1. The van der Waals surface area contributed by atoms with Crippen molar-refractivity contribution >= 4 is 5.69 Å². The van der Waals surface area contributed by atoms with Crippen molar-refractivity contribution in [2.75, 3.05) is 64.4 Å². The second kappa shape index (κ2) is 6.52. The summed E-state index contributed by atoms with van der Waals surface area (Å²) in [6.45, 7) is 9.23. The van der Waals surface area contributed by atoms with E-state index in [1.807, 2.05) is 12.4 Å². The molecule has 2 fully saturated rings. The Morgan fingerprint density at radius 2 is 1.80 bits per heavy atom. The second-order valence-electron chi connectivity index (χ2n) is 5.73. The first-order valence-electron chi connectivity index (χ1n) is 7.49. The van der Waals surface area contributed by atoms with Crippen LogP contribution in [0.5, 0.6) is 0 Å². The van der Waals surface area contributed by atoms with Crippen LogP contribution in [-0.4, -0.2) is 74.3 Å². The van der Waals surface area contributed by atoms with E-state index >= 15 is 0 Å². The highest BCUT2D eigenvalue weighted by Crippen LogP contribution is 2.17. The van der Waals surface area contributed by atoms with Crippen LogP contribution in [-0.2, 0) is 11.3 Å². The number of nitrogens with zero attached hydrogens (tertiary/aromatic N) is 4. The molecule has 2 aliphatic rings. The summed E-state index contributed by atoms with van der Waals surface area (Å²) in [6, 6.07) is 2.29. The topological polar surface area (TPSA) is 31.8 Å². The fourth-order valence-electron chi connectivity index (χ4n) is 2.82. The Morgan fingerprint density at radius 1 is 1.05 bits per heavy atom. The highest BCUT2D eigenvalue weighted by atomic mass is 16.5. The number of likely N-dealkylation sites (N-methyl/N-ethyl adjacent to an activating group) is 1. The monoisotopic (exact) mass is 276 g/mol. The third-order valence-corrected chi connectivity index (χ3v) is 4.16. The highest BCUT2D eigenvalue weighted by Gasteiger charge is 2.15. The number of rotatable bonds is 3. The first-order valence-corrected chi connectivity index (χ1v) is 7.49. The molecule has 5 nitrogen and oxygen atoms in total.